The lowest BCUT2D eigenvalue weighted by atomic mass is 10.2. The Morgan fingerprint density at radius 2 is 1.79 bits per heavy atom. The molecule has 0 aliphatic rings. The first-order chi connectivity index (χ1) is 8.70. The molecule has 0 fully saturated rings. The van der Waals surface area contributed by atoms with Crippen LogP contribution in [0.4, 0.5) is 4.79 Å². The van der Waals surface area contributed by atoms with E-state index in [1.54, 1.807) is 20.8 Å². The number of hydrogen-bond acceptors (Lipinski definition) is 6. The lowest BCUT2D eigenvalue weighted by molar-refractivity contribution is -0.145. The number of carbonyl (C=O) groups excluding carboxylic acids is 2. The molecule has 0 radical (unpaired) electrons. The summed E-state index contributed by atoms with van der Waals surface area (Å²) in [5.41, 5.74) is -0.723. The highest BCUT2D eigenvalue weighted by atomic mass is 31.1. The van der Waals surface area contributed by atoms with Gasteiger partial charge in [0.15, 0.2) is 0 Å². The van der Waals surface area contributed by atoms with E-state index >= 15 is 0 Å². The minimum atomic E-state index is -1.65. The summed E-state index contributed by atoms with van der Waals surface area (Å²) in [7, 11) is 1.47. The molecule has 0 aromatic carbocycles. The standard InChI is InChI=1S/C11H20NO6P/c1-10(2,3)18-9(14)12-11(19-15,6-7-16-4)8(13)17-5/h6-7H2,1-5H3,(H,12,14)/p+1. The van der Waals surface area contributed by atoms with Gasteiger partial charge in [0.1, 0.15) is 5.60 Å². The Bertz CT molecular complexity index is 341. The van der Waals surface area contributed by atoms with E-state index in [0.29, 0.717) is 0 Å². The van der Waals surface area contributed by atoms with Crippen molar-refractivity contribution in [2.24, 2.45) is 0 Å². The number of esters is 1. The van der Waals surface area contributed by atoms with Gasteiger partial charge in [-0.05, 0) is 20.8 Å². The lowest BCUT2D eigenvalue weighted by Gasteiger charge is -2.24. The van der Waals surface area contributed by atoms with Crippen LogP contribution < -0.4 is 5.32 Å². The average Bonchev–Trinajstić information content (AvgIpc) is 2.31. The summed E-state index contributed by atoms with van der Waals surface area (Å²) >= 11 is 0. The van der Waals surface area contributed by atoms with E-state index in [1.807, 2.05) is 0 Å². The third-order valence-corrected chi connectivity index (χ3v) is 3.03. The zero-order valence-electron chi connectivity index (χ0n) is 11.9. The third-order valence-electron chi connectivity index (χ3n) is 2.10. The zero-order chi connectivity index (χ0) is 15.1. The fourth-order valence-corrected chi connectivity index (χ4v) is 1.78. The van der Waals surface area contributed by atoms with Crippen molar-refractivity contribution in [1.82, 2.24) is 5.32 Å². The van der Waals surface area contributed by atoms with Crippen LogP contribution in [-0.4, -0.2) is 43.8 Å². The molecular weight excluding hydrogens is 273 g/mol. The van der Waals surface area contributed by atoms with Gasteiger partial charge < -0.3 is 14.2 Å². The second-order valence-corrected chi connectivity index (χ2v) is 5.93. The first-order valence-electron chi connectivity index (χ1n) is 5.68. The SMILES string of the molecule is COCCC(NC(=O)OC(C)(C)C)([PH+]=O)C(=O)OC. The number of nitrogens with one attached hydrogen (secondary N) is 1. The van der Waals surface area contributed by atoms with E-state index in [4.69, 9.17) is 9.47 Å². The second-order valence-electron chi connectivity index (χ2n) is 4.87. The van der Waals surface area contributed by atoms with Crippen molar-refractivity contribution in [3.05, 3.63) is 0 Å². The Balaban J connectivity index is 4.98. The summed E-state index contributed by atoms with van der Waals surface area (Å²) in [5.74, 6) is -0.802. The van der Waals surface area contributed by atoms with Gasteiger partial charge in [-0.15, -0.1) is 0 Å². The predicted octanol–water partition coefficient (Wildman–Crippen LogP) is 1.44. The predicted molar refractivity (Wildman–Crippen MR) is 69.6 cm³/mol. The summed E-state index contributed by atoms with van der Waals surface area (Å²) in [5, 5.41) is 0.661. The van der Waals surface area contributed by atoms with E-state index < -0.39 is 31.4 Å². The molecule has 0 rings (SSSR count). The maximum absolute atomic E-state index is 11.7. The van der Waals surface area contributed by atoms with Crippen molar-refractivity contribution < 1.29 is 28.4 Å². The smallest absolute Gasteiger partial charge is 0.411 e. The van der Waals surface area contributed by atoms with Gasteiger partial charge in [-0.1, -0.05) is 4.57 Å². The van der Waals surface area contributed by atoms with E-state index in [2.05, 4.69) is 10.1 Å². The summed E-state index contributed by atoms with van der Waals surface area (Å²) in [6.07, 6.45) is -0.811. The highest BCUT2D eigenvalue weighted by Gasteiger charge is 2.50. The summed E-state index contributed by atoms with van der Waals surface area (Å²) in [4.78, 5) is 23.4. The number of carbonyl (C=O) groups is 2. The van der Waals surface area contributed by atoms with Gasteiger partial charge in [0.2, 0.25) is 0 Å². The lowest BCUT2D eigenvalue weighted by Crippen LogP contribution is -2.52. The van der Waals surface area contributed by atoms with Crippen LogP contribution in [0.2, 0.25) is 0 Å². The van der Waals surface area contributed by atoms with Gasteiger partial charge in [0.05, 0.1) is 20.1 Å². The molecule has 0 saturated heterocycles. The quantitative estimate of drug-likeness (QED) is 0.589. The molecular formula is C11H21NO6P+. The molecule has 0 aromatic rings. The van der Waals surface area contributed by atoms with Gasteiger partial charge >= 0.3 is 25.8 Å². The number of amides is 1. The van der Waals surface area contributed by atoms with Gasteiger partial charge in [0.25, 0.3) is 0 Å². The van der Waals surface area contributed by atoms with Crippen molar-refractivity contribution in [2.45, 2.75) is 38.1 Å². The van der Waals surface area contributed by atoms with Crippen LogP contribution in [0.3, 0.4) is 0 Å². The highest BCUT2D eigenvalue weighted by Crippen LogP contribution is 2.26. The van der Waals surface area contributed by atoms with Crippen molar-refractivity contribution in [3.63, 3.8) is 0 Å². The molecule has 2 atom stereocenters. The molecule has 19 heavy (non-hydrogen) atoms. The van der Waals surface area contributed by atoms with E-state index in [-0.39, 0.29) is 13.0 Å². The fraction of sp³-hybridized carbons (Fsp3) is 0.818. The monoisotopic (exact) mass is 294 g/mol. The van der Waals surface area contributed by atoms with E-state index in [1.165, 1.54) is 7.11 Å². The number of methoxy groups -OCH3 is 2. The Kier molecular flexibility index (Phi) is 6.94. The first-order valence-corrected chi connectivity index (χ1v) is 6.59. The molecule has 8 heteroatoms. The molecule has 0 bridgehead atoms. The molecule has 7 nitrogen and oxygen atoms in total. The summed E-state index contributed by atoms with van der Waals surface area (Å²) in [6.45, 7) is 5.18. The van der Waals surface area contributed by atoms with Crippen molar-refractivity contribution in [2.75, 3.05) is 20.8 Å². The molecule has 0 spiro atoms. The minimum Gasteiger partial charge on any atom is -0.464 e. The van der Waals surface area contributed by atoms with Gasteiger partial charge in [-0.25, -0.2) is 9.59 Å². The van der Waals surface area contributed by atoms with Gasteiger partial charge in [-0.3, -0.25) is 5.32 Å². The summed E-state index contributed by atoms with van der Waals surface area (Å²) in [6, 6.07) is 0. The van der Waals surface area contributed by atoms with Gasteiger partial charge in [0, 0.05) is 7.11 Å². The summed E-state index contributed by atoms with van der Waals surface area (Å²) < 4.78 is 25.8. The topological polar surface area (TPSA) is 90.9 Å². The molecule has 2 unspecified atom stereocenters. The van der Waals surface area contributed by atoms with Gasteiger partial charge in [-0.2, -0.15) is 0 Å². The minimum absolute atomic E-state index is 0.0252. The number of rotatable bonds is 6. The normalized spacial score (nSPS) is 14.6. The Morgan fingerprint density at radius 1 is 1.21 bits per heavy atom. The highest BCUT2D eigenvalue weighted by molar-refractivity contribution is 7.27. The molecule has 0 heterocycles. The maximum atomic E-state index is 11.7. The number of hydrogen-bond donors (Lipinski definition) is 1. The van der Waals surface area contributed by atoms with Crippen LogP contribution in [0.25, 0.3) is 0 Å². The van der Waals surface area contributed by atoms with Crippen LogP contribution >= 0.6 is 8.46 Å². The molecule has 0 aliphatic heterocycles. The van der Waals surface area contributed by atoms with Crippen LogP contribution in [-0.2, 0) is 23.6 Å². The number of alkyl carbamates (subject to hydrolysis) is 1. The molecule has 0 saturated carbocycles. The molecule has 110 valence electrons. The Morgan fingerprint density at radius 3 is 2.16 bits per heavy atom. The molecule has 1 amide bonds. The average molecular weight is 294 g/mol. The van der Waals surface area contributed by atoms with Crippen molar-refractivity contribution >= 4 is 20.5 Å². The van der Waals surface area contributed by atoms with Crippen LogP contribution in [0.15, 0.2) is 0 Å². The van der Waals surface area contributed by atoms with Crippen LogP contribution in [0.5, 0.6) is 0 Å². The zero-order valence-corrected chi connectivity index (χ0v) is 12.9. The van der Waals surface area contributed by atoms with Crippen molar-refractivity contribution in [3.8, 4) is 0 Å². The first kappa shape index (κ1) is 17.8. The fourth-order valence-electron chi connectivity index (χ4n) is 1.24. The van der Waals surface area contributed by atoms with Crippen LogP contribution in [0.1, 0.15) is 27.2 Å². The van der Waals surface area contributed by atoms with Crippen molar-refractivity contribution in [1.29, 1.82) is 0 Å². The third kappa shape index (κ3) is 5.98. The Hall–Kier alpha value is -1.20. The molecule has 1 N–H and O–H groups in total. The maximum Gasteiger partial charge on any atom is 0.411 e. The largest absolute Gasteiger partial charge is 0.464 e. The number of ether oxygens (including phenoxy) is 3. The second kappa shape index (κ2) is 7.40. The Labute approximate surface area is 114 Å². The molecule has 0 aliphatic carbocycles. The molecule has 0 aromatic heterocycles. The van der Waals surface area contributed by atoms with E-state index in [9.17, 15) is 14.2 Å². The van der Waals surface area contributed by atoms with Crippen LogP contribution in [0, 0.1) is 0 Å². The van der Waals surface area contributed by atoms with E-state index in [0.717, 1.165) is 7.11 Å².